The standard InChI is InChI=1S/C17H22N2/c1-13(2)9-10-19-16(12-18-15-7-8-15)11-14-5-3-4-6-17(14)19/h3-6,11,15,18H,1,7-10,12H2,2H3. The molecule has 0 aliphatic heterocycles. The second-order valence-electron chi connectivity index (χ2n) is 5.71. The van der Waals surface area contributed by atoms with Crippen LogP contribution in [0.15, 0.2) is 42.5 Å². The molecule has 1 fully saturated rings. The van der Waals surface area contributed by atoms with E-state index in [9.17, 15) is 0 Å². The van der Waals surface area contributed by atoms with E-state index in [1.807, 2.05) is 0 Å². The molecule has 0 amide bonds. The quantitative estimate of drug-likeness (QED) is 0.775. The molecular formula is C17H22N2. The monoisotopic (exact) mass is 254 g/mol. The minimum absolute atomic E-state index is 0.757. The van der Waals surface area contributed by atoms with Gasteiger partial charge in [0.15, 0.2) is 0 Å². The van der Waals surface area contributed by atoms with Gasteiger partial charge in [0.25, 0.3) is 0 Å². The molecule has 1 aromatic carbocycles. The highest BCUT2D eigenvalue weighted by atomic mass is 15.0. The third-order valence-corrected chi connectivity index (χ3v) is 3.81. The van der Waals surface area contributed by atoms with Gasteiger partial charge < -0.3 is 9.88 Å². The third kappa shape index (κ3) is 2.90. The van der Waals surface area contributed by atoms with Crippen LogP contribution in [0.2, 0.25) is 0 Å². The zero-order valence-electron chi connectivity index (χ0n) is 11.7. The normalized spacial score (nSPS) is 15.0. The number of nitrogens with one attached hydrogen (secondary N) is 1. The van der Waals surface area contributed by atoms with Crippen molar-refractivity contribution in [3.63, 3.8) is 0 Å². The molecule has 0 radical (unpaired) electrons. The second-order valence-corrected chi connectivity index (χ2v) is 5.71. The summed E-state index contributed by atoms with van der Waals surface area (Å²) in [6.07, 6.45) is 3.73. The number of nitrogens with zero attached hydrogens (tertiary/aromatic N) is 1. The van der Waals surface area contributed by atoms with Crippen LogP contribution in [0, 0.1) is 0 Å². The summed E-state index contributed by atoms with van der Waals surface area (Å²) in [5.74, 6) is 0. The summed E-state index contributed by atoms with van der Waals surface area (Å²) in [7, 11) is 0. The van der Waals surface area contributed by atoms with Crippen molar-refractivity contribution in [2.45, 2.75) is 45.3 Å². The maximum atomic E-state index is 4.02. The Bertz CT molecular complexity index is 590. The first-order chi connectivity index (χ1) is 9.24. The van der Waals surface area contributed by atoms with Gasteiger partial charge in [-0.1, -0.05) is 23.8 Å². The molecule has 0 atom stereocenters. The zero-order chi connectivity index (χ0) is 13.2. The van der Waals surface area contributed by atoms with Gasteiger partial charge in [0.2, 0.25) is 0 Å². The van der Waals surface area contributed by atoms with Crippen molar-refractivity contribution in [3.8, 4) is 0 Å². The Balaban J connectivity index is 1.88. The van der Waals surface area contributed by atoms with Crippen LogP contribution < -0.4 is 5.32 Å². The van der Waals surface area contributed by atoms with Crippen molar-refractivity contribution in [3.05, 3.63) is 48.2 Å². The highest BCUT2D eigenvalue weighted by molar-refractivity contribution is 5.81. The molecular weight excluding hydrogens is 232 g/mol. The highest BCUT2D eigenvalue weighted by Crippen LogP contribution is 2.23. The smallest absolute Gasteiger partial charge is 0.0483 e. The Labute approximate surface area is 115 Å². The summed E-state index contributed by atoms with van der Waals surface area (Å²) in [6, 6.07) is 11.7. The minimum Gasteiger partial charge on any atom is -0.343 e. The number of fused-ring (bicyclic) bond motifs is 1. The van der Waals surface area contributed by atoms with E-state index in [4.69, 9.17) is 0 Å². The van der Waals surface area contributed by atoms with Gasteiger partial charge in [-0.2, -0.15) is 0 Å². The largest absolute Gasteiger partial charge is 0.343 e. The molecule has 1 aliphatic rings. The fourth-order valence-electron chi connectivity index (χ4n) is 2.52. The topological polar surface area (TPSA) is 17.0 Å². The lowest BCUT2D eigenvalue weighted by atomic mass is 10.2. The molecule has 2 heteroatoms. The van der Waals surface area contributed by atoms with Crippen molar-refractivity contribution < 1.29 is 0 Å². The summed E-state index contributed by atoms with van der Waals surface area (Å²) < 4.78 is 2.44. The molecule has 0 saturated heterocycles. The molecule has 1 saturated carbocycles. The number of aryl methyl sites for hydroxylation is 1. The summed E-state index contributed by atoms with van der Waals surface area (Å²) in [5, 5.41) is 4.96. The van der Waals surface area contributed by atoms with Gasteiger partial charge in [-0.05, 0) is 43.7 Å². The Morgan fingerprint density at radius 1 is 1.37 bits per heavy atom. The second kappa shape index (κ2) is 5.22. The van der Waals surface area contributed by atoms with E-state index >= 15 is 0 Å². The maximum Gasteiger partial charge on any atom is 0.0483 e. The number of hydrogen-bond acceptors (Lipinski definition) is 1. The van der Waals surface area contributed by atoms with Crippen molar-refractivity contribution in [2.24, 2.45) is 0 Å². The van der Waals surface area contributed by atoms with E-state index in [0.29, 0.717) is 0 Å². The SMILES string of the molecule is C=C(C)CCn1c(CNC2CC2)cc2ccccc21. The van der Waals surface area contributed by atoms with E-state index in [2.05, 4.69) is 53.7 Å². The molecule has 0 unspecified atom stereocenters. The molecule has 0 spiro atoms. The van der Waals surface area contributed by atoms with Crippen LogP contribution in [0.25, 0.3) is 10.9 Å². The number of hydrogen-bond donors (Lipinski definition) is 1. The van der Waals surface area contributed by atoms with Gasteiger partial charge in [-0.25, -0.2) is 0 Å². The third-order valence-electron chi connectivity index (χ3n) is 3.81. The van der Waals surface area contributed by atoms with Gasteiger partial charge in [0, 0.05) is 30.3 Å². The predicted molar refractivity (Wildman–Crippen MR) is 81.2 cm³/mol. The molecule has 1 heterocycles. The van der Waals surface area contributed by atoms with E-state index in [-0.39, 0.29) is 0 Å². The molecule has 1 aromatic heterocycles. The van der Waals surface area contributed by atoms with Gasteiger partial charge >= 0.3 is 0 Å². The highest BCUT2D eigenvalue weighted by Gasteiger charge is 2.20. The van der Waals surface area contributed by atoms with Gasteiger partial charge in [0.05, 0.1) is 0 Å². The lowest BCUT2D eigenvalue weighted by Gasteiger charge is -2.11. The molecule has 3 rings (SSSR count). The van der Waals surface area contributed by atoms with Crippen LogP contribution in [0.3, 0.4) is 0 Å². The summed E-state index contributed by atoms with van der Waals surface area (Å²) >= 11 is 0. The summed E-state index contributed by atoms with van der Waals surface area (Å²) in [6.45, 7) is 8.14. The van der Waals surface area contributed by atoms with Crippen molar-refractivity contribution >= 4 is 10.9 Å². The molecule has 2 aromatic rings. The van der Waals surface area contributed by atoms with Crippen molar-refractivity contribution in [1.82, 2.24) is 9.88 Å². The molecule has 1 aliphatic carbocycles. The lowest BCUT2D eigenvalue weighted by Crippen LogP contribution is -2.18. The van der Waals surface area contributed by atoms with Gasteiger partial charge in [-0.3, -0.25) is 0 Å². The number of aromatic nitrogens is 1. The minimum atomic E-state index is 0.757. The molecule has 2 nitrogen and oxygen atoms in total. The van der Waals surface area contributed by atoms with Crippen LogP contribution >= 0.6 is 0 Å². The van der Waals surface area contributed by atoms with Crippen molar-refractivity contribution in [2.75, 3.05) is 0 Å². The van der Waals surface area contributed by atoms with Crippen LogP contribution in [0.4, 0.5) is 0 Å². The summed E-state index contributed by atoms with van der Waals surface area (Å²) in [5.41, 5.74) is 3.99. The Hall–Kier alpha value is -1.54. The average Bonchev–Trinajstić information content (AvgIpc) is 3.15. The molecule has 100 valence electrons. The molecule has 1 N–H and O–H groups in total. The van der Waals surface area contributed by atoms with Crippen LogP contribution in [-0.4, -0.2) is 10.6 Å². The fourth-order valence-corrected chi connectivity index (χ4v) is 2.52. The number of benzene rings is 1. The summed E-state index contributed by atoms with van der Waals surface area (Å²) in [4.78, 5) is 0. The zero-order valence-corrected chi connectivity index (χ0v) is 11.7. The lowest BCUT2D eigenvalue weighted by molar-refractivity contribution is 0.616. The van der Waals surface area contributed by atoms with Crippen LogP contribution in [-0.2, 0) is 13.1 Å². The van der Waals surface area contributed by atoms with Crippen molar-refractivity contribution in [1.29, 1.82) is 0 Å². The Morgan fingerprint density at radius 2 is 2.16 bits per heavy atom. The average molecular weight is 254 g/mol. The predicted octanol–water partition coefficient (Wildman–Crippen LogP) is 3.86. The Morgan fingerprint density at radius 3 is 2.89 bits per heavy atom. The van der Waals surface area contributed by atoms with E-state index in [1.54, 1.807) is 0 Å². The van der Waals surface area contributed by atoms with E-state index in [0.717, 1.165) is 25.6 Å². The number of rotatable bonds is 6. The van der Waals surface area contributed by atoms with Gasteiger partial charge in [0.1, 0.15) is 0 Å². The van der Waals surface area contributed by atoms with Gasteiger partial charge in [-0.15, -0.1) is 6.58 Å². The number of para-hydroxylation sites is 1. The van der Waals surface area contributed by atoms with Crippen LogP contribution in [0.5, 0.6) is 0 Å². The fraction of sp³-hybridized carbons (Fsp3) is 0.412. The molecule has 19 heavy (non-hydrogen) atoms. The first-order valence-electron chi connectivity index (χ1n) is 7.19. The van der Waals surface area contributed by atoms with E-state index in [1.165, 1.54) is 35.0 Å². The first-order valence-corrected chi connectivity index (χ1v) is 7.19. The first kappa shape index (κ1) is 12.5. The molecule has 0 bridgehead atoms. The van der Waals surface area contributed by atoms with Crippen LogP contribution in [0.1, 0.15) is 31.9 Å². The maximum absolute atomic E-state index is 4.02. The van der Waals surface area contributed by atoms with E-state index < -0.39 is 0 Å². The Kier molecular flexibility index (Phi) is 3.43. The number of allylic oxidation sites excluding steroid dienone is 1.